The van der Waals surface area contributed by atoms with Gasteiger partial charge in [0.1, 0.15) is 5.82 Å². The number of aromatic nitrogens is 3. The lowest BCUT2D eigenvalue weighted by Gasteiger charge is -2.29. The van der Waals surface area contributed by atoms with Crippen molar-refractivity contribution in [3.05, 3.63) is 90.6 Å². The molecule has 0 atom stereocenters. The van der Waals surface area contributed by atoms with Gasteiger partial charge in [-0.05, 0) is 72.3 Å². The average molecular weight is 604 g/mol. The summed E-state index contributed by atoms with van der Waals surface area (Å²) in [6, 6.07) is 23.7. The Bertz CT molecular complexity index is 1820. The van der Waals surface area contributed by atoms with Crippen molar-refractivity contribution in [2.45, 2.75) is 0 Å². The minimum atomic E-state index is -0.397. The highest BCUT2D eigenvalue weighted by Crippen LogP contribution is 2.32. The maximum atomic E-state index is 12.7. The molecule has 5 aromatic rings. The Labute approximate surface area is 260 Å². The van der Waals surface area contributed by atoms with E-state index >= 15 is 0 Å². The third-order valence-electron chi connectivity index (χ3n) is 7.46. The van der Waals surface area contributed by atoms with Crippen LogP contribution in [-0.2, 0) is 4.74 Å². The molecule has 3 heterocycles. The van der Waals surface area contributed by atoms with Gasteiger partial charge in [0.2, 0.25) is 5.88 Å². The molecular weight excluding hydrogens is 570 g/mol. The average Bonchev–Trinajstić information content (AvgIpc) is 3.08. The Hall–Kier alpha value is -5.55. The van der Waals surface area contributed by atoms with Crippen LogP contribution in [0.25, 0.3) is 33.4 Å². The molecule has 6 rings (SSSR count). The molecule has 3 aromatic carbocycles. The lowest BCUT2D eigenvalue weighted by Crippen LogP contribution is -2.37. The van der Waals surface area contributed by atoms with Crippen LogP contribution in [0.3, 0.4) is 0 Å². The molecule has 2 aromatic heterocycles. The Balaban J connectivity index is 1.24. The Kier molecular flexibility index (Phi) is 8.52. The first-order valence-electron chi connectivity index (χ1n) is 14.5. The lowest BCUT2D eigenvalue weighted by molar-refractivity contribution is 0.0827. The number of urea groups is 1. The standard InChI is InChI=1S/C34H33N7O4/c1-40(2)33(42)23-6-12-27(13-7-23)37-34(43)36-26-10-4-22(5-11-26)31-38-29-20-24(25-9-15-30(44-3)35-21-25)8-14-28(29)32(39-31)41-16-18-45-19-17-41/h4-15,20-21H,16-19H2,1-3H3,(H2,36,37,43). The molecule has 2 N–H and O–H groups in total. The van der Waals surface area contributed by atoms with Gasteiger partial charge in [-0.3, -0.25) is 4.79 Å². The van der Waals surface area contributed by atoms with Crippen molar-refractivity contribution in [2.75, 3.05) is 63.0 Å². The number of pyridine rings is 1. The summed E-state index contributed by atoms with van der Waals surface area (Å²) in [7, 11) is 4.98. The van der Waals surface area contributed by atoms with E-state index in [4.69, 9.17) is 19.4 Å². The molecule has 11 heteroatoms. The predicted molar refractivity (Wildman–Crippen MR) is 175 cm³/mol. The molecule has 11 nitrogen and oxygen atoms in total. The molecular formula is C34H33N7O4. The molecule has 45 heavy (non-hydrogen) atoms. The third-order valence-corrected chi connectivity index (χ3v) is 7.46. The summed E-state index contributed by atoms with van der Waals surface area (Å²) in [5.74, 6) is 1.89. The first-order chi connectivity index (χ1) is 21.9. The first kappa shape index (κ1) is 29.5. The van der Waals surface area contributed by atoms with Gasteiger partial charge in [0, 0.05) is 72.9 Å². The number of hydrogen-bond acceptors (Lipinski definition) is 8. The minimum absolute atomic E-state index is 0.103. The zero-order valence-corrected chi connectivity index (χ0v) is 25.3. The van der Waals surface area contributed by atoms with Gasteiger partial charge in [-0.2, -0.15) is 0 Å². The third kappa shape index (κ3) is 6.68. The van der Waals surface area contributed by atoms with Crippen LogP contribution in [0.4, 0.5) is 22.0 Å². The lowest BCUT2D eigenvalue weighted by atomic mass is 10.0. The second-order valence-electron chi connectivity index (χ2n) is 10.7. The molecule has 0 radical (unpaired) electrons. The van der Waals surface area contributed by atoms with Crippen molar-refractivity contribution < 1.29 is 19.1 Å². The molecule has 0 saturated carbocycles. The van der Waals surface area contributed by atoms with Crippen molar-refractivity contribution in [1.82, 2.24) is 19.9 Å². The van der Waals surface area contributed by atoms with Crippen LogP contribution in [0.1, 0.15) is 10.4 Å². The van der Waals surface area contributed by atoms with Gasteiger partial charge in [0.05, 0.1) is 25.8 Å². The van der Waals surface area contributed by atoms with Crippen LogP contribution in [0.15, 0.2) is 85.1 Å². The first-order valence-corrected chi connectivity index (χ1v) is 14.5. The fourth-order valence-electron chi connectivity index (χ4n) is 5.06. The number of methoxy groups -OCH3 is 1. The monoisotopic (exact) mass is 603 g/mol. The summed E-state index contributed by atoms with van der Waals surface area (Å²) >= 11 is 0. The van der Waals surface area contributed by atoms with Gasteiger partial charge in [-0.25, -0.2) is 19.7 Å². The summed E-state index contributed by atoms with van der Waals surface area (Å²) < 4.78 is 10.8. The Morgan fingerprint density at radius 3 is 2.09 bits per heavy atom. The largest absolute Gasteiger partial charge is 0.481 e. The molecule has 0 unspecified atom stereocenters. The summed E-state index contributed by atoms with van der Waals surface area (Å²) in [5, 5.41) is 6.60. The number of fused-ring (bicyclic) bond motifs is 1. The van der Waals surface area contributed by atoms with Crippen LogP contribution in [0.5, 0.6) is 5.88 Å². The number of carbonyl (C=O) groups excluding carboxylic acids is 2. The number of nitrogens with one attached hydrogen (secondary N) is 2. The number of nitrogens with zero attached hydrogens (tertiary/aromatic N) is 5. The zero-order valence-electron chi connectivity index (χ0n) is 25.3. The summed E-state index contributed by atoms with van der Waals surface area (Å²) in [4.78, 5) is 42.8. The topological polar surface area (TPSA) is 122 Å². The number of carbonyl (C=O) groups is 2. The fourth-order valence-corrected chi connectivity index (χ4v) is 5.06. The summed E-state index contributed by atoms with van der Waals surface area (Å²) in [6.07, 6.45) is 1.79. The van der Waals surface area contributed by atoms with Gasteiger partial charge in [0.25, 0.3) is 5.91 Å². The van der Waals surface area contributed by atoms with Crippen molar-refractivity contribution in [1.29, 1.82) is 0 Å². The maximum Gasteiger partial charge on any atom is 0.323 e. The zero-order chi connectivity index (χ0) is 31.3. The quantitative estimate of drug-likeness (QED) is 0.248. The molecule has 1 aliphatic rings. The SMILES string of the molecule is COc1ccc(-c2ccc3c(N4CCOCC4)nc(-c4ccc(NC(=O)Nc5ccc(C(=O)N(C)C)cc5)cc4)nc3c2)cn1. The second-order valence-corrected chi connectivity index (χ2v) is 10.7. The van der Waals surface area contributed by atoms with Crippen molar-refractivity contribution in [3.8, 4) is 28.4 Å². The molecule has 0 bridgehead atoms. The number of rotatable bonds is 7. The van der Waals surface area contributed by atoms with E-state index in [0.29, 0.717) is 41.9 Å². The Morgan fingerprint density at radius 2 is 1.47 bits per heavy atom. The number of hydrogen-bond donors (Lipinski definition) is 2. The minimum Gasteiger partial charge on any atom is -0.481 e. The van der Waals surface area contributed by atoms with Crippen molar-refractivity contribution >= 4 is 40.0 Å². The van der Waals surface area contributed by atoms with Gasteiger partial charge >= 0.3 is 6.03 Å². The van der Waals surface area contributed by atoms with Crippen LogP contribution >= 0.6 is 0 Å². The molecule has 0 spiro atoms. The van der Waals surface area contributed by atoms with Crippen LogP contribution in [-0.4, -0.2) is 79.3 Å². The van der Waals surface area contributed by atoms with Crippen LogP contribution in [0, 0.1) is 0 Å². The van der Waals surface area contributed by atoms with E-state index < -0.39 is 6.03 Å². The van der Waals surface area contributed by atoms with Crippen molar-refractivity contribution in [2.24, 2.45) is 0 Å². The molecule has 0 aliphatic carbocycles. The normalized spacial score (nSPS) is 12.9. The Morgan fingerprint density at radius 1 is 0.822 bits per heavy atom. The maximum absolute atomic E-state index is 12.7. The van der Waals surface area contributed by atoms with Gasteiger partial charge in [-0.1, -0.05) is 6.07 Å². The molecule has 228 valence electrons. The van der Waals surface area contributed by atoms with Gasteiger partial charge in [-0.15, -0.1) is 0 Å². The fraction of sp³-hybridized carbons (Fsp3) is 0.206. The van der Waals surface area contributed by atoms with E-state index in [1.54, 1.807) is 51.7 Å². The number of morpholine rings is 1. The van der Waals surface area contributed by atoms with Crippen molar-refractivity contribution in [3.63, 3.8) is 0 Å². The molecule has 1 saturated heterocycles. The van der Waals surface area contributed by atoms with Crippen LogP contribution < -0.4 is 20.3 Å². The van der Waals surface area contributed by atoms with E-state index in [1.165, 1.54) is 4.90 Å². The second kappa shape index (κ2) is 13.0. The highest BCUT2D eigenvalue weighted by molar-refractivity contribution is 6.00. The number of amides is 3. The smallest absolute Gasteiger partial charge is 0.323 e. The molecule has 1 fully saturated rings. The van der Waals surface area contributed by atoms with E-state index in [-0.39, 0.29) is 5.91 Å². The number of benzene rings is 3. The summed E-state index contributed by atoms with van der Waals surface area (Å²) in [6.45, 7) is 2.75. The highest BCUT2D eigenvalue weighted by atomic mass is 16.5. The summed E-state index contributed by atoms with van der Waals surface area (Å²) in [5.41, 5.74) is 5.30. The van der Waals surface area contributed by atoms with Gasteiger partial charge < -0.3 is 29.9 Å². The molecule has 3 amide bonds. The van der Waals surface area contributed by atoms with E-state index in [9.17, 15) is 9.59 Å². The van der Waals surface area contributed by atoms with E-state index in [2.05, 4.69) is 38.7 Å². The van der Waals surface area contributed by atoms with E-state index in [1.807, 2.05) is 36.4 Å². The van der Waals surface area contributed by atoms with E-state index in [0.717, 1.165) is 46.5 Å². The predicted octanol–water partition coefficient (Wildman–Crippen LogP) is 5.55. The molecule has 1 aliphatic heterocycles. The number of ether oxygens (including phenoxy) is 2. The number of anilines is 3. The van der Waals surface area contributed by atoms with Gasteiger partial charge in [0.15, 0.2) is 5.82 Å². The van der Waals surface area contributed by atoms with Crippen LogP contribution in [0.2, 0.25) is 0 Å². The highest BCUT2D eigenvalue weighted by Gasteiger charge is 2.19.